The van der Waals surface area contributed by atoms with Crippen molar-refractivity contribution in [2.24, 2.45) is 4.99 Å². The first-order chi connectivity index (χ1) is 11.3. The van der Waals surface area contributed by atoms with Crippen molar-refractivity contribution in [1.82, 2.24) is 15.6 Å². The SMILES string of the molecule is CN=C(NCCCCSC)NCCNc1nc2ccccc2s1.I. The molecular weight excluding hydrogens is 453 g/mol. The summed E-state index contributed by atoms with van der Waals surface area (Å²) in [4.78, 5) is 8.79. The molecule has 8 heteroatoms. The number of anilines is 1. The number of thiazole rings is 1. The van der Waals surface area contributed by atoms with Crippen LogP contribution in [0.25, 0.3) is 10.2 Å². The summed E-state index contributed by atoms with van der Waals surface area (Å²) >= 11 is 3.58. The van der Waals surface area contributed by atoms with E-state index in [2.05, 4.69) is 38.2 Å². The molecule has 0 unspecified atom stereocenters. The van der Waals surface area contributed by atoms with E-state index in [-0.39, 0.29) is 24.0 Å². The van der Waals surface area contributed by atoms with Gasteiger partial charge in [-0.25, -0.2) is 4.98 Å². The van der Waals surface area contributed by atoms with Crippen LogP contribution >= 0.6 is 47.1 Å². The van der Waals surface area contributed by atoms with E-state index in [1.165, 1.54) is 23.3 Å². The molecule has 1 heterocycles. The van der Waals surface area contributed by atoms with Gasteiger partial charge in [0.1, 0.15) is 0 Å². The van der Waals surface area contributed by atoms with Gasteiger partial charge in [-0.3, -0.25) is 4.99 Å². The zero-order chi connectivity index (χ0) is 16.3. The molecule has 0 fully saturated rings. The number of hydrogen-bond acceptors (Lipinski definition) is 5. The van der Waals surface area contributed by atoms with Gasteiger partial charge in [0.05, 0.1) is 10.2 Å². The minimum atomic E-state index is 0. The number of aromatic nitrogens is 1. The average molecular weight is 479 g/mol. The molecule has 2 aromatic rings. The number of fused-ring (bicyclic) bond motifs is 1. The quantitative estimate of drug-likeness (QED) is 0.222. The van der Waals surface area contributed by atoms with E-state index in [1.54, 1.807) is 18.4 Å². The van der Waals surface area contributed by atoms with Crippen molar-refractivity contribution in [2.45, 2.75) is 12.8 Å². The number of nitrogens with one attached hydrogen (secondary N) is 3. The molecule has 134 valence electrons. The minimum Gasteiger partial charge on any atom is -0.360 e. The number of nitrogens with zero attached hydrogens (tertiary/aromatic N) is 2. The highest BCUT2D eigenvalue weighted by Gasteiger charge is 2.02. The molecule has 0 saturated heterocycles. The van der Waals surface area contributed by atoms with Crippen LogP contribution in [0.3, 0.4) is 0 Å². The molecule has 24 heavy (non-hydrogen) atoms. The van der Waals surface area contributed by atoms with Crippen molar-refractivity contribution >= 4 is 68.4 Å². The van der Waals surface area contributed by atoms with Gasteiger partial charge in [-0.15, -0.1) is 24.0 Å². The van der Waals surface area contributed by atoms with Crippen molar-refractivity contribution in [3.8, 4) is 0 Å². The first-order valence-corrected chi connectivity index (χ1v) is 10.1. The zero-order valence-corrected chi connectivity index (χ0v) is 18.1. The van der Waals surface area contributed by atoms with Crippen molar-refractivity contribution in [3.63, 3.8) is 0 Å². The van der Waals surface area contributed by atoms with Crippen molar-refractivity contribution in [3.05, 3.63) is 24.3 Å². The standard InChI is InChI=1S/C16H25N5S2.HI/c1-17-15(18-9-5-6-12-22-2)19-10-11-20-16-21-13-7-3-4-8-14(13)23-16;/h3-4,7-8H,5-6,9-12H2,1-2H3,(H,20,21)(H2,17,18,19);1H. The number of guanidine groups is 1. The summed E-state index contributed by atoms with van der Waals surface area (Å²) < 4.78 is 1.21. The smallest absolute Gasteiger partial charge is 0.191 e. The van der Waals surface area contributed by atoms with Gasteiger partial charge in [0.25, 0.3) is 0 Å². The van der Waals surface area contributed by atoms with Gasteiger partial charge in [0.2, 0.25) is 0 Å². The summed E-state index contributed by atoms with van der Waals surface area (Å²) in [5.74, 6) is 2.08. The fraction of sp³-hybridized carbons (Fsp3) is 0.500. The molecule has 2 rings (SSSR count). The van der Waals surface area contributed by atoms with Gasteiger partial charge < -0.3 is 16.0 Å². The molecule has 0 spiro atoms. The largest absolute Gasteiger partial charge is 0.360 e. The molecular formula is C16H26IN5S2. The zero-order valence-electron chi connectivity index (χ0n) is 14.2. The fourth-order valence-electron chi connectivity index (χ4n) is 2.10. The van der Waals surface area contributed by atoms with Crippen LogP contribution in [0.1, 0.15) is 12.8 Å². The number of aliphatic imine (C=N–C) groups is 1. The molecule has 5 nitrogen and oxygen atoms in total. The maximum absolute atomic E-state index is 4.56. The van der Waals surface area contributed by atoms with Crippen LogP contribution in [0.4, 0.5) is 5.13 Å². The van der Waals surface area contributed by atoms with Crippen LogP contribution in [0.15, 0.2) is 29.3 Å². The molecule has 0 saturated carbocycles. The third-order valence-corrected chi connectivity index (χ3v) is 4.97. The minimum absolute atomic E-state index is 0. The molecule has 0 aliphatic heterocycles. The Hall–Kier alpha value is -0.740. The lowest BCUT2D eigenvalue weighted by molar-refractivity contribution is 0.735. The van der Waals surface area contributed by atoms with E-state index >= 15 is 0 Å². The fourth-order valence-corrected chi connectivity index (χ4v) is 3.48. The normalized spacial score (nSPS) is 11.2. The Morgan fingerprint density at radius 3 is 2.71 bits per heavy atom. The van der Waals surface area contributed by atoms with Crippen LogP contribution in [-0.2, 0) is 0 Å². The Labute approximate surface area is 169 Å². The van der Waals surface area contributed by atoms with E-state index in [0.29, 0.717) is 0 Å². The number of para-hydroxylation sites is 1. The lowest BCUT2D eigenvalue weighted by Crippen LogP contribution is -2.39. The Morgan fingerprint density at radius 1 is 1.17 bits per heavy atom. The highest BCUT2D eigenvalue weighted by atomic mass is 127. The monoisotopic (exact) mass is 479 g/mol. The second-order valence-electron chi connectivity index (χ2n) is 5.04. The first-order valence-electron chi connectivity index (χ1n) is 7.86. The molecule has 0 aliphatic rings. The van der Waals surface area contributed by atoms with Gasteiger partial charge in [-0.2, -0.15) is 11.8 Å². The van der Waals surface area contributed by atoms with Gasteiger partial charge >= 0.3 is 0 Å². The molecule has 0 amide bonds. The highest BCUT2D eigenvalue weighted by Crippen LogP contribution is 2.24. The third-order valence-electron chi connectivity index (χ3n) is 3.28. The summed E-state index contributed by atoms with van der Waals surface area (Å²) in [5.41, 5.74) is 1.05. The van der Waals surface area contributed by atoms with E-state index in [1.807, 2.05) is 30.0 Å². The maximum Gasteiger partial charge on any atom is 0.191 e. The number of halogens is 1. The van der Waals surface area contributed by atoms with Crippen molar-refractivity contribution < 1.29 is 0 Å². The Bertz CT molecular complexity index is 584. The van der Waals surface area contributed by atoms with Gasteiger partial charge in [-0.1, -0.05) is 23.5 Å². The second-order valence-corrected chi connectivity index (χ2v) is 7.06. The van der Waals surface area contributed by atoms with Crippen LogP contribution in [0.2, 0.25) is 0 Å². The number of thioether (sulfide) groups is 1. The summed E-state index contributed by atoms with van der Waals surface area (Å²) in [7, 11) is 1.80. The Kier molecular flexibility index (Phi) is 11.2. The maximum atomic E-state index is 4.56. The van der Waals surface area contributed by atoms with E-state index in [9.17, 15) is 0 Å². The predicted octanol–water partition coefficient (Wildman–Crippen LogP) is 3.63. The molecule has 3 N–H and O–H groups in total. The van der Waals surface area contributed by atoms with Crippen LogP contribution < -0.4 is 16.0 Å². The van der Waals surface area contributed by atoms with Crippen LogP contribution in [-0.4, -0.2) is 49.6 Å². The van der Waals surface area contributed by atoms with Gasteiger partial charge in [0, 0.05) is 26.7 Å². The topological polar surface area (TPSA) is 61.3 Å². The highest BCUT2D eigenvalue weighted by molar-refractivity contribution is 14.0. The number of benzene rings is 1. The molecule has 1 aromatic heterocycles. The van der Waals surface area contributed by atoms with Crippen LogP contribution in [0, 0.1) is 0 Å². The summed E-state index contributed by atoms with van der Waals surface area (Å²) in [6, 6.07) is 8.19. The Balaban J connectivity index is 0.00000288. The van der Waals surface area contributed by atoms with E-state index in [0.717, 1.165) is 36.2 Å². The molecule has 0 aliphatic carbocycles. The van der Waals surface area contributed by atoms with Crippen molar-refractivity contribution in [2.75, 3.05) is 44.0 Å². The third kappa shape index (κ3) is 7.43. The van der Waals surface area contributed by atoms with Crippen LogP contribution in [0.5, 0.6) is 0 Å². The van der Waals surface area contributed by atoms with Crippen molar-refractivity contribution in [1.29, 1.82) is 0 Å². The van der Waals surface area contributed by atoms with Gasteiger partial charge in [0.15, 0.2) is 11.1 Å². The molecule has 0 bridgehead atoms. The summed E-state index contributed by atoms with van der Waals surface area (Å²) in [5, 5.41) is 11.0. The summed E-state index contributed by atoms with van der Waals surface area (Å²) in [6.07, 6.45) is 4.56. The number of hydrogen-bond donors (Lipinski definition) is 3. The molecule has 0 atom stereocenters. The van der Waals surface area contributed by atoms with E-state index in [4.69, 9.17) is 0 Å². The van der Waals surface area contributed by atoms with E-state index < -0.39 is 0 Å². The molecule has 1 aromatic carbocycles. The lowest BCUT2D eigenvalue weighted by atomic mass is 10.3. The molecule has 0 radical (unpaired) electrons. The average Bonchev–Trinajstić information content (AvgIpc) is 2.99. The van der Waals surface area contributed by atoms with Gasteiger partial charge in [-0.05, 0) is 37.0 Å². The lowest BCUT2D eigenvalue weighted by Gasteiger charge is -2.11. The number of rotatable bonds is 9. The Morgan fingerprint density at radius 2 is 1.96 bits per heavy atom. The number of unbranched alkanes of at least 4 members (excludes halogenated alkanes) is 1. The first kappa shape index (κ1) is 21.3. The predicted molar refractivity (Wildman–Crippen MR) is 121 cm³/mol. The summed E-state index contributed by atoms with van der Waals surface area (Å²) in [6.45, 7) is 2.58. The second kappa shape index (κ2) is 12.6.